The van der Waals surface area contributed by atoms with Crippen LogP contribution in [-0.2, 0) is 0 Å². The molecule has 0 amide bonds. The molecule has 0 saturated heterocycles. The lowest BCUT2D eigenvalue weighted by Crippen LogP contribution is -1.93. The molecule has 0 spiro atoms. The van der Waals surface area contributed by atoms with Gasteiger partial charge in [-0.15, -0.1) is 22.7 Å². The Morgan fingerprint density at radius 2 is 1.41 bits per heavy atom. The largest absolute Gasteiger partial charge is 0.308 e. The average molecular weight is 510 g/mol. The number of rotatable bonds is 3. The van der Waals surface area contributed by atoms with Crippen LogP contribution in [0.2, 0.25) is 0 Å². The van der Waals surface area contributed by atoms with Gasteiger partial charge in [-0.1, -0.05) is 48.5 Å². The molecule has 8 aromatic rings. The minimum absolute atomic E-state index is 0.954. The van der Waals surface area contributed by atoms with Crippen molar-refractivity contribution in [2.45, 2.75) is 0 Å². The first kappa shape index (κ1) is 20.8. The van der Waals surface area contributed by atoms with Gasteiger partial charge in [-0.2, -0.15) is 0 Å². The van der Waals surface area contributed by atoms with Crippen LogP contribution in [0.5, 0.6) is 0 Å². The summed E-state index contributed by atoms with van der Waals surface area (Å²) in [7, 11) is 0. The molecular weight excluding hydrogens is 491 g/mol. The second-order valence-corrected chi connectivity index (χ2v) is 11.4. The molecule has 174 valence electrons. The standard InChI is InChI=1S/C32H19N3S2/c1-2-7-22(8-3-1)35-27-14-13-21(26-11-6-10-25(34-26)20-15-17-33-18-16-20)19-24(27)31-30(35)29-23-9-4-5-12-28(23)36-32(29)37-31/h1-19H. The Hall–Kier alpha value is -4.32. The van der Waals surface area contributed by atoms with Gasteiger partial charge in [0.1, 0.15) is 0 Å². The minimum Gasteiger partial charge on any atom is -0.308 e. The van der Waals surface area contributed by atoms with Crippen LogP contribution in [0, 0.1) is 0 Å². The fourth-order valence-electron chi connectivity index (χ4n) is 5.29. The Morgan fingerprint density at radius 3 is 2.27 bits per heavy atom. The van der Waals surface area contributed by atoms with Crippen LogP contribution >= 0.6 is 22.7 Å². The summed E-state index contributed by atoms with van der Waals surface area (Å²) in [5.41, 5.74) is 7.82. The normalized spacial score (nSPS) is 11.8. The molecule has 0 atom stereocenters. The van der Waals surface area contributed by atoms with Crippen LogP contribution in [-0.4, -0.2) is 14.5 Å². The molecule has 0 aliphatic carbocycles. The van der Waals surface area contributed by atoms with Crippen LogP contribution in [0.25, 0.3) is 68.8 Å². The van der Waals surface area contributed by atoms with Crippen LogP contribution < -0.4 is 0 Å². The molecule has 8 rings (SSSR count). The first-order valence-corrected chi connectivity index (χ1v) is 13.8. The molecule has 0 aliphatic heterocycles. The highest BCUT2D eigenvalue weighted by atomic mass is 32.2. The average Bonchev–Trinajstić information content (AvgIpc) is 3.60. The smallest absolute Gasteiger partial charge is 0.0906 e. The van der Waals surface area contributed by atoms with E-state index < -0.39 is 0 Å². The van der Waals surface area contributed by atoms with E-state index in [9.17, 15) is 0 Å². The molecule has 0 aliphatic rings. The van der Waals surface area contributed by atoms with E-state index in [2.05, 4.69) is 101 Å². The fourth-order valence-corrected chi connectivity index (χ4v) is 7.97. The first-order valence-electron chi connectivity index (χ1n) is 12.2. The summed E-state index contributed by atoms with van der Waals surface area (Å²) in [5, 5.41) is 3.96. The first-order chi connectivity index (χ1) is 18.3. The third kappa shape index (κ3) is 3.18. The SMILES string of the molecule is c1ccc(-n2c3ccc(-c4cccc(-c5ccncc5)n4)cc3c3sc4sc5ccccc5c4c32)cc1. The van der Waals surface area contributed by atoms with Crippen molar-refractivity contribution < 1.29 is 0 Å². The van der Waals surface area contributed by atoms with Gasteiger partial charge in [-0.3, -0.25) is 4.98 Å². The van der Waals surface area contributed by atoms with E-state index in [0.717, 1.165) is 22.5 Å². The van der Waals surface area contributed by atoms with E-state index >= 15 is 0 Å². The molecule has 0 saturated carbocycles. The topological polar surface area (TPSA) is 30.7 Å². The van der Waals surface area contributed by atoms with Crippen molar-refractivity contribution in [3.63, 3.8) is 0 Å². The maximum atomic E-state index is 5.01. The molecule has 3 aromatic carbocycles. The lowest BCUT2D eigenvalue weighted by atomic mass is 10.1. The fraction of sp³-hybridized carbons (Fsp3) is 0. The summed E-state index contributed by atoms with van der Waals surface area (Å²) in [6, 6.07) is 36.5. The third-order valence-electron chi connectivity index (χ3n) is 6.95. The van der Waals surface area contributed by atoms with Crippen LogP contribution in [0.15, 0.2) is 116 Å². The van der Waals surface area contributed by atoms with E-state index in [-0.39, 0.29) is 0 Å². The summed E-state index contributed by atoms with van der Waals surface area (Å²) in [4.78, 5) is 9.16. The van der Waals surface area contributed by atoms with Gasteiger partial charge in [-0.05, 0) is 54.6 Å². The van der Waals surface area contributed by atoms with Gasteiger partial charge in [0.15, 0.2) is 0 Å². The lowest BCUT2D eigenvalue weighted by molar-refractivity contribution is 1.19. The predicted molar refractivity (Wildman–Crippen MR) is 158 cm³/mol. The van der Waals surface area contributed by atoms with Crippen LogP contribution in [0.1, 0.15) is 0 Å². The van der Waals surface area contributed by atoms with Gasteiger partial charge in [0.05, 0.1) is 31.1 Å². The summed E-state index contributed by atoms with van der Waals surface area (Å²) in [6.45, 7) is 0. The Kier molecular flexibility index (Phi) is 4.56. The number of fused-ring (bicyclic) bond motifs is 7. The number of nitrogens with zero attached hydrogens (tertiary/aromatic N) is 3. The molecule has 5 aromatic heterocycles. The highest BCUT2D eigenvalue weighted by molar-refractivity contribution is 7.45. The molecule has 0 bridgehead atoms. The predicted octanol–water partition coefficient (Wildman–Crippen LogP) is 9.34. The second kappa shape index (κ2) is 8.10. The van der Waals surface area contributed by atoms with Crippen molar-refractivity contribution in [1.82, 2.24) is 14.5 Å². The van der Waals surface area contributed by atoms with Crippen molar-refractivity contribution in [3.05, 3.63) is 116 Å². The highest BCUT2D eigenvalue weighted by Gasteiger charge is 2.21. The maximum absolute atomic E-state index is 5.01. The molecule has 0 unspecified atom stereocenters. The van der Waals surface area contributed by atoms with Gasteiger partial charge < -0.3 is 4.57 Å². The summed E-state index contributed by atoms with van der Waals surface area (Å²) in [6.07, 6.45) is 3.62. The van der Waals surface area contributed by atoms with Crippen LogP contribution in [0.3, 0.4) is 0 Å². The number of benzene rings is 3. The summed E-state index contributed by atoms with van der Waals surface area (Å²) in [5.74, 6) is 0. The molecule has 3 nitrogen and oxygen atoms in total. The van der Waals surface area contributed by atoms with Gasteiger partial charge in [-0.25, -0.2) is 4.98 Å². The van der Waals surface area contributed by atoms with Crippen molar-refractivity contribution in [2.75, 3.05) is 0 Å². The Bertz CT molecular complexity index is 2080. The minimum atomic E-state index is 0.954. The Labute approximate surface area is 220 Å². The van der Waals surface area contributed by atoms with E-state index in [1.807, 2.05) is 47.2 Å². The van der Waals surface area contributed by atoms with Gasteiger partial charge in [0.25, 0.3) is 0 Å². The molecule has 5 heterocycles. The number of aromatic nitrogens is 3. The Balaban J connectivity index is 1.42. The molecule has 0 fully saturated rings. The highest BCUT2D eigenvalue weighted by Crippen LogP contribution is 2.48. The molecule has 5 heteroatoms. The summed E-state index contributed by atoms with van der Waals surface area (Å²) >= 11 is 3.80. The van der Waals surface area contributed by atoms with E-state index in [1.165, 1.54) is 46.3 Å². The number of hydrogen-bond donors (Lipinski definition) is 0. The molecule has 0 N–H and O–H groups in total. The number of pyridine rings is 2. The zero-order valence-corrected chi connectivity index (χ0v) is 21.3. The number of hydrogen-bond acceptors (Lipinski definition) is 4. The van der Waals surface area contributed by atoms with Gasteiger partial charge in [0.2, 0.25) is 0 Å². The molecule has 37 heavy (non-hydrogen) atoms. The van der Waals surface area contributed by atoms with Gasteiger partial charge in [0, 0.05) is 50.1 Å². The molecular formula is C32H19N3S2. The van der Waals surface area contributed by atoms with E-state index in [1.54, 1.807) is 0 Å². The van der Waals surface area contributed by atoms with E-state index in [4.69, 9.17) is 4.98 Å². The second-order valence-electron chi connectivity index (χ2n) is 9.09. The van der Waals surface area contributed by atoms with Crippen LogP contribution in [0.4, 0.5) is 0 Å². The number of thiophene rings is 2. The third-order valence-corrected chi connectivity index (χ3v) is 9.42. The zero-order chi connectivity index (χ0) is 24.3. The van der Waals surface area contributed by atoms with Crippen molar-refractivity contribution in [2.24, 2.45) is 0 Å². The Morgan fingerprint density at radius 1 is 0.622 bits per heavy atom. The maximum Gasteiger partial charge on any atom is 0.0906 e. The summed E-state index contributed by atoms with van der Waals surface area (Å²) < 4.78 is 6.49. The van der Waals surface area contributed by atoms with Crippen molar-refractivity contribution in [1.29, 1.82) is 0 Å². The van der Waals surface area contributed by atoms with Gasteiger partial charge >= 0.3 is 0 Å². The number of para-hydroxylation sites is 1. The van der Waals surface area contributed by atoms with Crippen molar-refractivity contribution in [3.8, 4) is 28.2 Å². The van der Waals surface area contributed by atoms with E-state index in [0.29, 0.717) is 0 Å². The molecule has 0 radical (unpaired) electrons. The quantitative estimate of drug-likeness (QED) is 0.237. The lowest BCUT2D eigenvalue weighted by Gasteiger charge is -2.09. The zero-order valence-electron chi connectivity index (χ0n) is 19.6. The monoisotopic (exact) mass is 509 g/mol. The van der Waals surface area contributed by atoms with Crippen molar-refractivity contribution >= 4 is 63.3 Å².